The summed E-state index contributed by atoms with van der Waals surface area (Å²) in [7, 11) is 0. The molecular weight excluding hydrogens is 184 g/mol. The first-order valence-corrected chi connectivity index (χ1v) is 5.98. The number of ketones is 1. The summed E-state index contributed by atoms with van der Waals surface area (Å²) in [6.45, 7) is 5.96. The lowest BCUT2D eigenvalue weighted by Gasteiger charge is -2.46. The van der Waals surface area contributed by atoms with Gasteiger partial charge in [0.2, 0.25) is 0 Å². The van der Waals surface area contributed by atoms with Crippen LogP contribution >= 0.6 is 0 Å². The number of Topliss-reactive ketones (excluding diaryl/α,β-unsaturated/α-hetero) is 1. The zero-order valence-electron chi connectivity index (χ0n) is 9.64. The van der Waals surface area contributed by atoms with Gasteiger partial charge in [-0.3, -0.25) is 4.79 Å². The van der Waals surface area contributed by atoms with E-state index in [-0.39, 0.29) is 5.41 Å². The predicted octanol–water partition coefficient (Wildman–Crippen LogP) is 3.65. The number of allylic oxidation sites excluding steroid dienone is 1. The summed E-state index contributed by atoms with van der Waals surface area (Å²) in [4.78, 5) is 11.6. The van der Waals surface area contributed by atoms with Gasteiger partial charge in [-0.05, 0) is 42.6 Å². The molecule has 0 aromatic heterocycles. The molecule has 2 fully saturated rings. The van der Waals surface area contributed by atoms with Gasteiger partial charge >= 0.3 is 0 Å². The van der Waals surface area contributed by atoms with Crippen molar-refractivity contribution in [1.82, 2.24) is 0 Å². The van der Waals surface area contributed by atoms with E-state index in [4.69, 9.17) is 0 Å². The Bertz CT molecular complexity index is 324. The van der Waals surface area contributed by atoms with Crippen LogP contribution in [0, 0.1) is 10.8 Å². The van der Waals surface area contributed by atoms with Crippen LogP contribution in [0.5, 0.6) is 0 Å². The van der Waals surface area contributed by atoms with Crippen LogP contribution in [0.3, 0.4) is 0 Å². The van der Waals surface area contributed by atoms with Crippen molar-refractivity contribution in [2.45, 2.75) is 51.9 Å². The summed E-state index contributed by atoms with van der Waals surface area (Å²) < 4.78 is 0. The minimum atomic E-state index is 0.260. The third kappa shape index (κ3) is 1.59. The van der Waals surface area contributed by atoms with Gasteiger partial charge in [-0.2, -0.15) is 0 Å². The lowest BCUT2D eigenvalue weighted by atomic mass is 9.57. The molecule has 1 nitrogen and oxygen atoms in total. The molecule has 0 radical (unpaired) electrons. The van der Waals surface area contributed by atoms with Crippen LogP contribution in [0.4, 0.5) is 0 Å². The van der Waals surface area contributed by atoms with E-state index < -0.39 is 0 Å². The molecule has 0 bridgehead atoms. The molecule has 1 heteroatoms. The van der Waals surface area contributed by atoms with E-state index in [0.29, 0.717) is 11.2 Å². The van der Waals surface area contributed by atoms with Gasteiger partial charge < -0.3 is 0 Å². The Hall–Kier alpha value is -0.810. The standard InChI is InChI=1S/C14H20O/c1-3-4-8-14-9-5-7-13(14,2)11-12(15)6-10-14/h4H,1,5-11H2,2H3/t13-,14+/m1/s1. The summed E-state index contributed by atoms with van der Waals surface area (Å²) in [5.74, 6) is 0.470. The molecule has 0 aromatic rings. The molecule has 0 aliphatic heterocycles. The lowest BCUT2D eigenvalue weighted by molar-refractivity contribution is -0.128. The molecule has 2 atom stereocenters. The number of carbonyl (C=O) groups excluding carboxylic acids is 1. The van der Waals surface area contributed by atoms with Gasteiger partial charge in [0.25, 0.3) is 0 Å². The molecule has 2 aliphatic rings. The van der Waals surface area contributed by atoms with Crippen molar-refractivity contribution in [3.05, 3.63) is 18.4 Å². The normalized spacial score (nSPS) is 39.7. The fourth-order valence-electron chi connectivity index (χ4n) is 3.71. The van der Waals surface area contributed by atoms with Gasteiger partial charge in [0.1, 0.15) is 5.78 Å². The monoisotopic (exact) mass is 204 g/mol. The SMILES string of the molecule is C=C=CC[C@@]12CCC[C@]1(C)CC(=O)CC2. The van der Waals surface area contributed by atoms with Gasteiger partial charge in [0.05, 0.1) is 0 Å². The molecule has 0 amide bonds. The van der Waals surface area contributed by atoms with Gasteiger partial charge in [-0.15, -0.1) is 5.73 Å². The predicted molar refractivity (Wildman–Crippen MR) is 61.6 cm³/mol. The highest BCUT2D eigenvalue weighted by molar-refractivity contribution is 5.80. The van der Waals surface area contributed by atoms with Gasteiger partial charge in [-0.1, -0.05) is 19.9 Å². The van der Waals surface area contributed by atoms with Gasteiger partial charge in [0, 0.05) is 12.8 Å². The number of carbonyl (C=O) groups is 1. The van der Waals surface area contributed by atoms with Crippen LogP contribution in [-0.4, -0.2) is 5.78 Å². The van der Waals surface area contributed by atoms with Crippen LogP contribution in [0.2, 0.25) is 0 Å². The van der Waals surface area contributed by atoms with E-state index >= 15 is 0 Å². The second-order valence-corrected chi connectivity index (χ2v) is 5.52. The average Bonchev–Trinajstić information content (AvgIpc) is 2.52. The summed E-state index contributed by atoms with van der Waals surface area (Å²) in [5, 5.41) is 0. The Labute approximate surface area is 92.3 Å². The molecule has 0 spiro atoms. The van der Waals surface area contributed by atoms with E-state index in [0.717, 1.165) is 25.7 Å². The van der Waals surface area contributed by atoms with Gasteiger partial charge in [-0.25, -0.2) is 0 Å². The molecular formula is C14H20O. The maximum absolute atomic E-state index is 11.6. The molecule has 2 rings (SSSR count). The van der Waals surface area contributed by atoms with Crippen LogP contribution in [0.25, 0.3) is 0 Å². The molecule has 0 unspecified atom stereocenters. The van der Waals surface area contributed by atoms with Gasteiger partial charge in [0.15, 0.2) is 0 Å². The molecule has 0 N–H and O–H groups in total. The minimum Gasteiger partial charge on any atom is -0.300 e. The van der Waals surface area contributed by atoms with E-state index in [1.54, 1.807) is 0 Å². The van der Waals surface area contributed by atoms with Crippen molar-refractivity contribution >= 4 is 5.78 Å². The molecule has 82 valence electrons. The minimum absolute atomic E-state index is 0.260. The third-order valence-corrected chi connectivity index (χ3v) is 4.77. The van der Waals surface area contributed by atoms with E-state index in [1.165, 1.54) is 19.3 Å². The topological polar surface area (TPSA) is 17.1 Å². The van der Waals surface area contributed by atoms with Crippen molar-refractivity contribution in [2.75, 3.05) is 0 Å². The fourth-order valence-corrected chi connectivity index (χ4v) is 3.71. The molecule has 2 saturated carbocycles. The molecule has 15 heavy (non-hydrogen) atoms. The summed E-state index contributed by atoms with van der Waals surface area (Å²) >= 11 is 0. The Balaban J connectivity index is 2.27. The Morgan fingerprint density at radius 2 is 2.27 bits per heavy atom. The van der Waals surface area contributed by atoms with Crippen molar-refractivity contribution < 1.29 is 4.79 Å². The first-order chi connectivity index (χ1) is 7.12. The largest absolute Gasteiger partial charge is 0.300 e. The Kier molecular flexibility index (Phi) is 2.60. The molecule has 0 heterocycles. The molecule has 2 aliphatic carbocycles. The molecule has 0 saturated heterocycles. The number of rotatable bonds is 2. The van der Waals surface area contributed by atoms with Crippen LogP contribution < -0.4 is 0 Å². The second-order valence-electron chi connectivity index (χ2n) is 5.52. The zero-order valence-corrected chi connectivity index (χ0v) is 9.64. The van der Waals surface area contributed by atoms with Crippen LogP contribution in [-0.2, 0) is 4.79 Å². The van der Waals surface area contributed by atoms with Crippen molar-refractivity contribution in [3.63, 3.8) is 0 Å². The summed E-state index contributed by atoms with van der Waals surface area (Å²) in [6, 6.07) is 0. The third-order valence-electron chi connectivity index (χ3n) is 4.77. The summed E-state index contributed by atoms with van der Waals surface area (Å²) in [6.07, 6.45) is 9.62. The van der Waals surface area contributed by atoms with E-state index in [9.17, 15) is 4.79 Å². The van der Waals surface area contributed by atoms with E-state index in [2.05, 4.69) is 25.3 Å². The quantitative estimate of drug-likeness (QED) is 0.627. The maximum Gasteiger partial charge on any atom is 0.133 e. The first-order valence-electron chi connectivity index (χ1n) is 5.98. The van der Waals surface area contributed by atoms with E-state index in [1.807, 2.05) is 0 Å². The van der Waals surface area contributed by atoms with Crippen molar-refractivity contribution in [2.24, 2.45) is 10.8 Å². The van der Waals surface area contributed by atoms with Crippen LogP contribution in [0.1, 0.15) is 51.9 Å². The number of fused-ring (bicyclic) bond motifs is 1. The average molecular weight is 204 g/mol. The maximum atomic E-state index is 11.6. The highest BCUT2D eigenvalue weighted by atomic mass is 16.1. The highest BCUT2D eigenvalue weighted by Crippen LogP contribution is 2.61. The zero-order chi connectivity index (χ0) is 10.9. The Morgan fingerprint density at radius 1 is 1.47 bits per heavy atom. The number of hydrogen-bond acceptors (Lipinski definition) is 1. The second kappa shape index (κ2) is 3.64. The number of hydrogen-bond donors (Lipinski definition) is 0. The Morgan fingerprint density at radius 3 is 3.00 bits per heavy atom. The lowest BCUT2D eigenvalue weighted by Crippen LogP contribution is -2.41. The molecule has 0 aromatic carbocycles. The first kappa shape index (κ1) is 10.7. The highest BCUT2D eigenvalue weighted by Gasteiger charge is 2.53. The van der Waals surface area contributed by atoms with Crippen molar-refractivity contribution in [1.29, 1.82) is 0 Å². The smallest absolute Gasteiger partial charge is 0.133 e. The van der Waals surface area contributed by atoms with Crippen molar-refractivity contribution in [3.8, 4) is 0 Å². The fraction of sp³-hybridized carbons (Fsp3) is 0.714. The summed E-state index contributed by atoms with van der Waals surface area (Å²) in [5.41, 5.74) is 3.53. The van der Waals surface area contributed by atoms with Crippen LogP contribution in [0.15, 0.2) is 18.4 Å².